The summed E-state index contributed by atoms with van der Waals surface area (Å²) in [5, 5.41) is 10.4. The van der Waals surface area contributed by atoms with E-state index in [0.29, 0.717) is 33.4 Å². The SMILES string of the molecule is COc1cccc(-c2csc(NC(=O)C(C)Sc3ccc(NC(=O)/C(=C/c4cccc(OC)c4OC)NC(=O)c4ccccc4)cc3)n2)c1. The molecule has 5 aromatic rings. The fraction of sp³-hybridized carbons (Fsp3) is 0.135. The molecular formula is C37H34N4O6S2. The summed E-state index contributed by atoms with van der Waals surface area (Å²) >= 11 is 2.72. The molecule has 4 aromatic carbocycles. The summed E-state index contributed by atoms with van der Waals surface area (Å²) in [5.41, 5.74) is 3.07. The normalized spacial score (nSPS) is 11.6. The topological polar surface area (TPSA) is 128 Å². The summed E-state index contributed by atoms with van der Waals surface area (Å²) < 4.78 is 16.2. The van der Waals surface area contributed by atoms with E-state index < -0.39 is 17.1 Å². The molecule has 0 bridgehead atoms. The highest BCUT2D eigenvalue weighted by atomic mass is 32.2. The molecule has 5 rings (SSSR count). The number of nitrogens with zero attached hydrogens (tertiary/aromatic N) is 1. The van der Waals surface area contributed by atoms with E-state index in [1.165, 1.54) is 43.4 Å². The Morgan fingerprint density at radius 1 is 0.837 bits per heavy atom. The van der Waals surface area contributed by atoms with Gasteiger partial charge in [0, 0.05) is 32.7 Å². The zero-order valence-electron chi connectivity index (χ0n) is 27.2. The van der Waals surface area contributed by atoms with Crippen molar-refractivity contribution in [2.75, 3.05) is 32.0 Å². The number of thioether (sulfide) groups is 1. The first kappa shape index (κ1) is 34.7. The first-order valence-corrected chi connectivity index (χ1v) is 16.8. The number of para-hydroxylation sites is 1. The molecule has 1 unspecified atom stereocenters. The predicted molar refractivity (Wildman–Crippen MR) is 195 cm³/mol. The maximum absolute atomic E-state index is 13.6. The van der Waals surface area contributed by atoms with Gasteiger partial charge in [0.2, 0.25) is 5.91 Å². The highest BCUT2D eigenvalue weighted by Gasteiger charge is 2.19. The molecule has 49 heavy (non-hydrogen) atoms. The molecule has 0 fully saturated rings. The molecule has 0 radical (unpaired) electrons. The van der Waals surface area contributed by atoms with Gasteiger partial charge in [-0.2, -0.15) is 0 Å². The van der Waals surface area contributed by atoms with Gasteiger partial charge in [0.05, 0.1) is 32.3 Å². The Morgan fingerprint density at radius 3 is 2.31 bits per heavy atom. The average molecular weight is 695 g/mol. The van der Waals surface area contributed by atoms with Gasteiger partial charge in [0.15, 0.2) is 16.6 Å². The molecule has 0 saturated carbocycles. The molecule has 3 amide bonds. The molecule has 1 aromatic heterocycles. The molecule has 250 valence electrons. The lowest BCUT2D eigenvalue weighted by atomic mass is 10.1. The lowest BCUT2D eigenvalue weighted by molar-refractivity contribution is -0.115. The minimum atomic E-state index is -0.543. The summed E-state index contributed by atoms with van der Waals surface area (Å²) in [6, 6.07) is 28.5. The summed E-state index contributed by atoms with van der Waals surface area (Å²) in [4.78, 5) is 45.0. The molecule has 0 spiro atoms. The monoisotopic (exact) mass is 694 g/mol. The van der Waals surface area contributed by atoms with E-state index in [4.69, 9.17) is 14.2 Å². The minimum Gasteiger partial charge on any atom is -0.497 e. The molecule has 3 N–H and O–H groups in total. The lowest BCUT2D eigenvalue weighted by Gasteiger charge is -2.14. The van der Waals surface area contributed by atoms with Gasteiger partial charge in [-0.3, -0.25) is 14.4 Å². The van der Waals surface area contributed by atoms with E-state index in [1.54, 1.807) is 67.8 Å². The largest absolute Gasteiger partial charge is 0.497 e. The van der Waals surface area contributed by atoms with Gasteiger partial charge in [-0.25, -0.2) is 4.98 Å². The number of hydrogen-bond donors (Lipinski definition) is 3. The van der Waals surface area contributed by atoms with Crippen molar-refractivity contribution in [3.8, 4) is 28.5 Å². The van der Waals surface area contributed by atoms with E-state index in [1.807, 2.05) is 48.7 Å². The molecular weight excluding hydrogens is 661 g/mol. The highest BCUT2D eigenvalue weighted by molar-refractivity contribution is 8.00. The Morgan fingerprint density at radius 2 is 1.59 bits per heavy atom. The molecule has 12 heteroatoms. The molecule has 0 saturated heterocycles. The van der Waals surface area contributed by atoms with Crippen LogP contribution in [0.25, 0.3) is 17.3 Å². The molecule has 0 aliphatic carbocycles. The quantitative estimate of drug-likeness (QED) is 0.0862. The van der Waals surface area contributed by atoms with Crippen molar-refractivity contribution in [3.63, 3.8) is 0 Å². The minimum absolute atomic E-state index is 0.000830. The fourth-order valence-corrected chi connectivity index (χ4v) is 6.24. The maximum Gasteiger partial charge on any atom is 0.272 e. The van der Waals surface area contributed by atoms with E-state index in [0.717, 1.165) is 21.9 Å². The van der Waals surface area contributed by atoms with Crippen molar-refractivity contribution in [1.29, 1.82) is 0 Å². The number of benzene rings is 4. The number of rotatable bonds is 13. The summed E-state index contributed by atoms with van der Waals surface area (Å²) in [6.45, 7) is 1.81. The van der Waals surface area contributed by atoms with Crippen LogP contribution in [0.15, 0.2) is 113 Å². The molecule has 1 heterocycles. The Bertz CT molecular complexity index is 1960. The van der Waals surface area contributed by atoms with Gasteiger partial charge in [0.1, 0.15) is 11.4 Å². The number of methoxy groups -OCH3 is 3. The Labute approximate surface area is 292 Å². The Hall–Kier alpha value is -5.59. The van der Waals surface area contributed by atoms with Gasteiger partial charge < -0.3 is 30.2 Å². The zero-order chi connectivity index (χ0) is 34.8. The van der Waals surface area contributed by atoms with Crippen molar-refractivity contribution in [1.82, 2.24) is 10.3 Å². The molecule has 10 nitrogen and oxygen atoms in total. The zero-order valence-corrected chi connectivity index (χ0v) is 28.8. The standard InChI is InChI=1S/C37H34N4O6S2/c1-23(34(42)41-37-40-31(22-48-37)25-12-8-14-28(20-25)45-2)49-29-18-16-27(17-19-29)38-36(44)30(39-35(43)24-10-6-5-7-11-24)21-26-13-9-15-32(46-3)33(26)47-4/h5-23H,1-4H3,(H,38,44)(H,39,43)(H,40,41,42)/b30-21-. The lowest BCUT2D eigenvalue weighted by Crippen LogP contribution is -2.30. The van der Waals surface area contributed by atoms with Crippen LogP contribution in [0.4, 0.5) is 10.8 Å². The van der Waals surface area contributed by atoms with Crippen LogP contribution in [0.3, 0.4) is 0 Å². The van der Waals surface area contributed by atoms with E-state index >= 15 is 0 Å². The van der Waals surface area contributed by atoms with Crippen LogP contribution in [0.1, 0.15) is 22.8 Å². The number of amides is 3. The van der Waals surface area contributed by atoms with Crippen molar-refractivity contribution >= 4 is 57.7 Å². The number of aromatic nitrogens is 1. The van der Waals surface area contributed by atoms with Gasteiger partial charge >= 0.3 is 0 Å². The van der Waals surface area contributed by atoms with Gasteiger partial charge in [-0.15, -0.1) is 23.1 Å². The number of nitrogens with one attached hydrogen (secondary N) is 3. The second-order valence-corrected chi connectivity index (χ2v) is 12.7. The second kappa shape index (κ2) is 16.5. The number of carbonyl (C=O) groups is 3. The van der Waals surface area contributed by atoms with Crippen molar-refractivity contribution in [3.05, 3.63) is 119 Å². The third kappa shape index (κ3) is 9.06. The second-order valence-electron chi connectivity index (χ2n) is 10.5. The summed E-state index contributed by atoms with van der Waals surface area (Å²) in [7, 11) is 4.63. The Kier molecular flexibility index (Phi) is 11.7. The van der Waals surface area contributed by atoms with Crippen LogP contribution in [-0.4, -0.2) is 49.3 Å². The van der Waals surface area contributed by atoms with Gasteiger partial charge in [-0.05, 0) is 67.6 Å². The number of thiazole rings is 1. The highest BCUT2D eigenvalue weighted by Crippen LogP contribution is 2.33. The van der Waals surface area contributed by atoms with Crippen molar-refractivity contribution < 1.29 is 28.6 Å². The van der Waals surface area contributed by atoms with Crippen LogP contribution in [0.5, 0.6) is 17.2 Å². The van der Waals surface area contributed by atoms with E-state index in [2.05, 4.69) is 20.9 Å². The van der Waals surface area contributed by atoms with Gasteiger partial charge in [-0.1, -0.05) is 42.5 Å². The van der Waals surface area contributed by atoms with Gasteiger partial charge in [0.25, 0.3) is 11.8 Å². The van der Waals surface area contributed by atoms with Crippen LogP contribution in [0.2, 0.25) is 0 Å². The smallest absolute Gasteiger partial charge is 0.272 e. The number of hydrogen-bond acceptors (Lipinski definition) is 9. The maximum atomic E-state index is 13.6. The third-order valence-corrected chi connectivity index (χ3v) is 9.03. The molecule has 1 atom stereocenters. The molecule has 0 aliphatic heterocycles. The van der Waals surface area contributed by atoms with Crippen LogP contribution in [0, 0.1) is 0 Å². The first-order chi connectivity index (χ1) is 23.8. The van der Waals surface area contributed by atoms with Crippen LogP contribution < -0.4 is 30.2 Å². The summed E-state index contributed by atoms with van der Waals surface area (Å²) in [5.74, 6) is 0.441. The Balaban J connectivity index is 1.25. The van der Waals surface area contributed by atoms with Crippen LogP contribution >= 0.6 is 23.1 Å². The third-order valence-electron chi connectivity index (χ3n) is 7.16. The number of ether oxygens (including phenoxy) is 3. The van der Waals surface area contributed by atoms with Crippen LogP contribution in [-0.2, 0) is 9.59 Å². The average Bonchev–Trinajstić information content (AvgIpc) is 3.60. The van der Waals surface area contributed by atoms with Crippen molar-refractivity contribution in [2.45, 2.75) is 17.1 Å². The van der Waals surface area contributed by atoms with Crippen molar-refractivity contribution in [2.24, 2.45) is 0 Å². The number of carbonyl (C=O) groups excluding carboxylic acids is 3. The first-order valence-electron chi connectivity index (χ1n) is 15.1. The van der Waals surface area contributed by atoms with E-state index in [9.17, 15) is 14.4 Å². The number of anilines is 2. The van der Waals surface area contributed by atoms with E-state index in [-0.39, 0.29) is 11.6 Å². The fourth-order valence-electron chi connectivity index (χ4n) is 4.65. The predicted octanol–water partition coefficient (Wildman–Crippen LogP) is 7.36. The molecule has 0 aliphatic rings. The summed E-state index contributed by atoms with van der Waals surface area (Å²) in [6.07, 6.45) is 1.53.